The van der Waals surface area contributed by atoms with Crippen LogP contribution in [0.25, 0.3) is 0 Å². The van der Waals surface area contributed by atoms with Gasteiger partial charge in [-0.3, -0.25) is 4.99 Å². The van der Waals surface area contributed by atoms with Crippen LogP contribution >= 0.6 is 0 Å². The highest BCUT2D eigenvalue weighted by atomic mass is 15.0. The third-order valence-electron chi connectivity index (χ3n) is 3.60. The second kappa shape index (κ2) is 4.28. The predicted molar refractivity (Wildman–Crippen MR) is 66.8 cm³/mol. The van der Waals surface area contributed by atoms with Gasteiger partial charge in [-0.2, -0.15) is 0 Å². The molecule has 0 amide bonds. The SMILES string of the molecule is c1ccc2c(c1)CCC2NC1=NCCCC1. The number of fused-ring (bicyclic) bond motifs is 1. The van der Waals surface area contributed by atoms with Crippen molar-refractivity contribution in [3.8, 4) is 0 Å². The van der Waals surface area contributed by atoms with E-state index in [1.807, 2.05) is 0 Å². The van der Waals surface area contributed by atoms with E-state index < -0.39 is 0 Å². The fraction of sp³-hybridized carbons (Fsp3) is 0.500. The molecule has 1 aromatic carbocycles. The maximum atomic E-state index is 4.57. The molecule has 3 rings (SSSR count). The molecule has 0 saturated heterocycles. The summed E-state index contributed by atoms with van der Waals surface area (Å²) in [5, 5.41) is 3.62. The normalized spacial score (nSPS) is 23.8. The van der Waals surface area contributed by atoms with E-state index in [0.717, 1.165) is 13.0 Å². The van der Waals surface area contributed by atoms with E-state index in [0.29, 0.717) is 6.04 Å². The van der Waals surface area contributed by atoms with Crippen LogP contribution in [0.15, 0.2) is 29.3 Å². The van der Waals surface area contributed by atoms with Gasteiger partial charge in [0.1, 0.15) is 0 Å². The van der Waals surface area contributed by atoms with Gasteiger partial charge in [0, 0.05) is 13.0 Å². The van der Waals surface area contributed by atoms with E-state index in [-0.39, 0.29) is 0 Å². The number of aryl methyl sites for hydroxylation is 1. The lowest BCUT2D eigenvalue weighted by Crippen LogP contribution is -2.29. The van der Waals surface area contributed by atoms with Gasteiger partial charge in [0.05, 0.1) is 11.9 Å². The fourth-order valence-corrected chi connectivity index (χ4v) is 2.72. The summed E-state index contributed by atoms with van der Waals surface area (Å²) >= 11 is 0. The van der Waals surface area contributed by atoms with Crippen molar-refractivity contribution in [3.63, 3.8) is 0 Å². The number of rotatable bonds is 1. The molecule has 1 atom stereocenters. The molecular formula is C14H18N2. The molecule has 0 aromatic heterocycles. The average molecular weight is 214 g/mol. The van der Waals surface area contributed by atoms with Gasteiger partial charge in [-0.05, 0) is 36.8 Å². The monoisotopic (exact) mass is 214 g/mol. The third-order valence-corrected chi connectivity index (χ3v) is 3.60. The standard InChI is InChI=1S/C14H18N2/c1-2-6-12-11(5-1)8-9-13(12)16-14-7-3-4-10-15-14/h1-2,5-6,13H,3-4,7-10H2,(H,15,16). The second-order valence-corrected chi connectivity index (χ2v) is 4.72. The Morgan fingerprint density at radius 3 is 2.94 bits per heavy atom. The highest BCUT2D eigenvalue weighted by molar-refractivity contribution is 5.83. The van der Waals surface area contributed by atoms with Crippen LogP contribution in [0.4, 0.5) is 0 Å². The molecule has 1 aliphatic heterocycles. The van der Waals surface area contributed by atoms with Crippen molar-refractivity contribution >= 4 is 5.84 Å². The van der Waals surface area contributed by atoms with Gasteiger partial charge in [-0.15, -0.1) is 0 Å². The van der Waals surface area contributed by atoms with E-state index in [1.54, 1.807) is 0 Å². The Balaban J connectivity index is 1.75. The van der Waals surface area contributed by atoms with Crippen LogP contribution in [0.1, 0.15) is 42.9 Å². The summed E-state index contributed by atoms with van der Waals surface area (Å²) in [4.78, 5) is 4.57. The Labute approximate surface area is 96.8 Å². The molecule has 84 valence electrons. The highest BCUT2D eigenvalue weighted by Crippen LogP contribution is 2.30. The van der Waals surface area contributed by atoms with Crippen molar-refractivity contribution in [1.82, 2.24) is 5.32 Å². The van der Waals surface area contributed by atoms with Gasteiger partial charge in [0.15, 0.2) is 0 Å². The van der Waals surface area contributed by atoms with Crippen molar-refractivity contribution < 1.29 is 0 Å². The summed E-state index contributed by atoms with van der Waals surface area (Å²) in [6.45, 7) is 1.01. The first-order valence-electron chi connectivity index (χ1n) is 6.31. The van der Waals surface area contributed by atoms with Crippen LogP contribution in [-0.2, 0) is 6.42 Å². The molecule has 1 aromatic rings. The largest absolute Gasteiger partial charge is 0.367 e. The first-order valence-corrected chi connectivity index (χ1v) is 6.31. The number of hydrogen-bond donors (Lipinski definition) is 1. The van der Waals surface area contributed by atoms with Crippen molar-refractivity contribution in [3.05, 3.63) is 35.4 Å². The molecule has 0 bridgehead atoms. The summed E-state index contributed by atoms with van der Waals surface area (Å²) in [5.74, 6) is 1.23. The molecule has 0 fully saturated rings. The zero-order valence-corrected chi connectivity index (χ0v) is 9.58. The zero-order valence-electron chi connectivity index (χ0n) is 9.58. The molecule has 1 N–H and O–H groups in total. The molecule has 0 spiro atoms. The van der Waals surface area contributed by atoms with Gasteiger partial charge in [-0.1, -0.05) is 24.3 Å². The number of amidine groups is 1. The maximum Gasteiger partial charge on any atom is 0.0967 e. The smallest absolute Gasteiger partial charge is 0.0967 e. The number of nitrogens with one attached hydrogen (secondary N) is 1. The second-order valence-electron chi connectivity index (χ2n) is 4.72. The molecule has 1 unspecified atom stereocenters. The first-order chi connectivity index (χ1) is 7.93. The zero-order chi connectivity index (χ0) is 10.8. The molecular weight excluding hydrogens is 196 g/mol. The van der Waals surface area contributed by atoms with Crippen LogP contribution in [-0.4, -0.2) is 12.4 Å². The number of benzene rings is 1. The van der Waals surface area contributed by atoms with Crippen LogP contribution in [0.2, 0.25) is 0 Å². The van der Waals surface area contributed by atoms with Crippen LogP contribution in [0.5, 0.6) is 0 Å². The molecule has 1 heterocycles. The van der Waals surface area contributed by atoms with Gasteiger partial charge >= 0.3 is 0 Å². The minimum absolute atomic E-state index is 0.507. The minimum atomic E-state index is 0.507. The quantitative estimate of drug-likeness (QED) is 0.763. The molecule has 2 aliphatic rings. The average Bonchev–Trinajstić information content (AvgIpc) is 2.74. The molecule has 0 saturated carbocycles. The summed E-state index contributed by atoms with van der Waals surface area (Å²) < 4.78 is 0. The van der Waals surface area contributed by atoms with Crippen molar-refractivity contribution in [2.75, 3.05) is 6.54 Å². The lowest BCUT2D eigenvalue weighted by Gasteiger charge is -2.19. The lowest BCUT2D eigenvalue weighted by atomic mass is 10.1. The van der Waals surface area contributed by atoms with Crippen molar-refractivity contribution in [2.45, 2.75) is 38.1 Å². The van der Waals surface area contributed by atoms with E-state index >= 15 is 0 Å². The number of hydrogen-bond acceptors (Lipinski definition) is 2. The predicted octanol–water partition coefficient (Wildman–Crippen LogP) is 2.85. The lowest BCUT2D eigenvalue weighted by molar-refractivity contribution is 0.611. The number of nitrogens with zero attached hydrogens (tertiary/aromatic N) is 1. The Kier molecular flexibility index (Phi) is 2.65. The van der Waals surface area contributed by atoms with Crippen LogP contribution in [0.3, 0.4) is 0 Å². The Hall–Kier alpha value is -1.31. The van der Waals surface area contributed by atoms with Gasteiger partial charge < -0.3 is 5.32 Å². The Morgan fingerprint density at radius 1 is 1.12 bits per heavy atom. The maximum absolute atomic E-state index is 4.57. The third kappa shape index (κ3) is 1.84. The Morgan fingerprint density at radius 2 is 2.06 bits per heavy atom. The van der Waals surface area contributed by atoms with Crippen molar-refractivity contribution in [2.24, 2.45) is 4.99 Å². The molecule has 16 heavy (non-hydrogen) atoms. The topological polar surface area (TPSA) is 24.4 Å². The number of aliphatic imine (C=N–C) groups is 1. The fourth-order valence-electron chi connectivity index (χ4n) is 2.72. The first kappa shape index (κ1) is 9.88. The summed E-state index contributed by atoms with van der Waals surface area (Å²) in [6.07, 6.45) is 6.12. The summed E-state index contributed by atoms with van der Waals surface area (Å²) in [6, 6.07) is 9.29. The van der Waals surface area contributed by atoms with Gasteiger partial charge in [0.2, 0.25) is 0 Å². The highest BCUT2D eigenvalue weighted by Gasteiger charge is 2.22. The Bertz CT molecular complexity index is 409. The minimum Gasteiger partial charge on any atom is -0.367 e. The molecule has 2 heteroatoms. The molecule has 1 aliphatic carbocycles. The van der Waals surface area contributed by atoms with Crippen LogP contribution < -0.4 is 5.32 Å². The molecule has 0 radical (unpaired) electrons. The van der Waals surface area contributed by atoms with Gasteiger partial charge in [0.25, 0.3) is 0 Å². The summed E-state index contributed by atoms with van der Waals surface area (Å²) in [7, 11) is 0. The summed E-state index contributed by atoms with van der Waals surface area (Å²) in [5.41, 5.74) is 2.99. The molecule has 2 nitrogen and oxygen atoms in total. The van der Waals surface area contributed by atoms with E-state index in [4.69, 9.17) is 0 Å². The van der Waals surface area contributed by atoms with Gasteiger partial charge in [-0.25, -0.2) is 0 Å². The van der Waals surface area contributed by atoms with E-state index in [1.165, 1.54) is 42.6 Å². The van der Waals surface area contributed by atoms with E-state index in [9.17, 15) is 0 Å². The van der Waals surface area contributed by atoms with Crippen LogP contribution in [0, 0.1) is 0 Å². The van der Waals surface area contributed by atoms with Crippen molar-refractivity contribution in [1.29, 1.82) is 0 Å². The van der Waals surface area contributed by atoms with E-state index in [2.05, 4.69) is 34.6 Å².